The Morgan fingerprint density at radius 3 is 2.54 bits per heavy atom. The lowest BCUT2D eigenvalue weighted by molar-refractivity contribution is -0.892. The van der Waals surface area contributed by atoms with Crippen molar-refractivity contribution in [2.75, 3.05) is 62.2 Å². The van der Waals surface area contributed by atoms with Gasteiger partial charge in [-0.05, 0) is 43.7 Å². The van der Waals surface area contributed by atoms with Crippen molar-refractivity contribution in [2.45, 2.75) is 13.8 Å². The maximum Gasteiger partial charge on any atom is 0.275 e. The van der Waals surface area contributed by atoms with Crippen LogP contribution in [0.4, 0.5) is 11.4 Å². The molecular formula is C23H33N4O+. The van der Waals surface area contributed by atoms with Crippen molar-refractivity contribution in [3.05, 3.63) is 60.2 Å². The molecule has 5 heteroatoms. The van der Waals surface area contributed by atoms with Gasteiger partial charge in [0.15, 0.2) is 6.54 Å². The zero-order valence-electron chi connectivity index (χ0n) is 17.2. The molecule has 0 unspecified atom stereocenters. The van der Waals surface area contributed by atoms with E-state index in [2.05, 4.69) is 77.5 Å². The van der Waals surface area contributed by atoms with Gasteiger partial charge < -0.3 is 20.0 Å². The van der Waals surface area contributed by atoms with E-state index in [1.54, 1.807) is 0 Å². The van der Waals surface area contributed by atoms with Gasteiger partial charge in [-0.15, -0.1) is 0 Å². The van der Waals surface area contributed by atoms with Crippen LogP contribution in [0.25, 0.3) is 0 Å². The Bertz CT molecular complexity index is 741. The molecule has 0 spiro atoms. The van der Waals surface area contributed by atoms with Gasteiger partial charge in [-0.2, -0.15) is 0 Å². The standard InChI is InChI=1S/C23H32N4O/c1-3-26(22-11-7-8-20(2)18-22)13-12-24-23(28)19-25-14-16-27(17-15-25)21-9-5-4-6-10-21/h4-11,18H,3,12-17,19H2,1-2H3,(H,24,28)/p+1. The van der Waals surface area contributed by atoms with Crippen LogP contribution < -0.4 is 20.0 Å². The minimum Gasteiger partial charge on any atom is -0.370 e. The molecule has 1 aliphatic heterocycles. The van der Waals surface area contributed by atoms with E-state index in [1.165, 1.54) is 21.8 Å². The number of hydrogen-bond donors (Lipinski definition) is 2. The molecule has 28 heavy (non-hydrogen) atoms. The first-order valence-corrected chi connectivity index (χ1v) is 10.4. The van der Waals surface area contributed by atoms with Crippen molar-refractivity contribution in [1.82, 2.24) is 5.32 Å². The quantitative estimate of drug-likeness (QED) is 0.725. The second-order valence-corrected chi connectivity index (χ2v) is 7.52. The summed E-state index contributed by atoms with van der Waals surface area (Å²) < 4.78 is 0. The van der Waals surface area contributed by atoms with E-state index in [0.717, 1.165) is 39.3 Å². The first-order chi connectivity index (χ1) is 13.7. The number of nitrogens with zero attached hydrogens (tertiary/aromatic N) is 2. The fourth-order valence-corrected chi connectivity index (χ4v) is 3.81. The molecule has 1 aliphatic rings. The number of anilines is 2. The molecule has 5 nitrogen and oxygen atoms in total. The molecule has 0 atom stereocenters. The second-order valence-electron chi connectivity index (χ2n) is 7.52. The Balaban J connectivity index is 1.38. The smallest absolute Gasteiger partial charge is 0.275 e. The normalized spacial score (nSPS) is 14.7. The van der Waals surface area contributed by atoms with Gasteiger partial charge in [-0.25, -0.2) is 0 Å². The zero-order chi connectivity index (χ0) is 19.8. The van der Waals surface area contributed by atoms with Crippen molar-refractivity contribution in [2.24, 2.45) is 0 Å². The van der Waals surface area contributed by atoms with Crippen molar-refractivity contribution >= 4 is 17.3 Å². The van der Waals surface area contributed by atoms with E-state index < -0.39 is 0 Å². The molecule has 2 aromatic rings. The minimum atomic E-state index is 0.156. The molecule has 0 aromatic heterocycles. The van der Waals surface area contributed by atoms with Crippen molar-refractivity contribution in [1.29, 1.82) is 0 Å². The average molecular weight is 382 g/mol. The fourth-order valence-electron chi connectivity index (χ4n) is 3.81. The number of carbonyl (C=O) groups excluding carboxylic acids is 1. The molecule has 3 rings (SSSR count). The molecule has 2 N–H and O–H groups in total. The van der Waals surface area contributed by atoms with E-state index in [1.807, 2.05) is 6.07 Å². The second kappa shape index (κ2) is 10.1. The summed E-state index contributed by atoms with van der Waals surface area (Å²) >= 11 is 0. The van der Waals surface area contributed by atoms with Crippen molar-refractivity contribution < 1.29 is 9.69 Å². The van der Waals surface area contributed by atoms with Gasteiger partial charge in [-0.3, -0.25) is 4.79 Å². The van der Waals surface area contributed by atoms with E-state index in [4.69, 9.17) is 0 Å². The van der Waals surface area contributed by atoms with Crippen molar-refractivity contribution in [3.8, 4) is 0 Å². The maximum atomic E-state index is 12.4. The van der Waals surface area contributed by atoms with Gasteiger partial charge >= 0.3 is 0 Å². The first kappa shape index (κ1) is 20.2. The van der Waals surface area contributed by atoms with Gasteiger partial charge in [0.25, 0.3) is 5.91 Å². The van der Waals surface area contributed by atoms with Crippen LogP contribution in [0.15, 0.2) is 54.6 Å². The highest BCUT2D eigenvalue weighted by Crippen LogP contribution is 2.15. The Labute approximate surface area is 168 Å². The molecule has 150 valence electrons. The van der Waals surface area contributed by atoms with Gasteiger partial charge in [0, 0.05) is 31.0 Å². The summed E-state index contributed by atoms with van der Waals surface area (Å²) in [4.78, 5) is 18.4. The zero-order valence-corrected chi connectivity index (χ0v) is 17.2. The number of amides is 1. The highest BCUT2D eigenvalue weighted by Gasteiger charge is 2.22. The fraction of sp³-hybridized carbons (Fsp3) is 0.435. The van der Waals surface area contributed by atoms with E-state index in [-0.39, 0.29) is 5.91 Å². The Kier molecular flexibility index (Phi) is 7.31. The number of rotatable bonds is 8. The minimum absolute atomic E-state index is 0.156. The highest BCUT2D eigenvalue weighted by atomic mass is 16.2. The van der Waals surface area contributed by atoms with Crippen LogP contribution in [0.1, 0.15) is 12.5 Å². The van der Waals surface area contributed by atoms with Gasteiger partial charge in [0.05, 0.1) is 26.2 Å². The molecule has 0 bridgehead atoms. The molecule has 0 radical (unpaired) electrons. The molecule has 1 heterocycles. The summed E-state index contributed by atoms with van der Waals surface area (Å²) in [5.41, 5.74) is 3.76. The molecule has 1 fully saturated rings. The molecule has 0 aliphatic carbocycles. The summed E-state index contributed by atoms with van der Waals surface area (Å²) in [6.45, 7) is 11.3. The monoisotopic (exact) mass is 381 g/mol. The number of aryl methyl sites for hydroxylation is 1. The lowest BCUT2D eigenvalue weighted by Crippen LogP contribution is -3.16. The molecule has 2 aromatic carbocycles. The Morgan fingerprint density at radius 1 is 1.11 bits per heavy atom. The Morgan fingerprint density at radius 2 is 1.86 bits per heavy atom. The predicted octanol–water partition coefficient (Wildman–Crippen LogP) is 1.34. The lowest BCUT2D eigenvalue weighted by Gasteiger charge is -2.33. The molecular weight excluding hydrogens is 348 g/mol. The number of likely N-dealkylation sites (N-methyl/N-ethyl adjacent to an activating group) is 1. The van der Waals surface area contributed by atoms with Gasteiger partial charge in [-0.1, -0.05) is 30.3 Å². The van der Waals surface area contributed by atoms with Crippen LogP contribution in [0.5, 0.6) is 0 Å². The topological polar surface area (TPSA) is 40.0 Å². The number of piperazine rings is 1. The maximum absolute atomic E-state index is 12.4. The summed E-state index contributed by atoms with van der Waals surface area (Å²) in [7, 11) is 0. The first-order valence-electron chi connectivity index (χ1n) is 10.4. The van der Waals surface area contributed by atoms with E-state index >= 15 is 0 Å². The van der Waals surface area contributed by atoms with Gasteiger partial charge in [0.2, 0.25) is 0 Å². The number of hydrogen-bond acceptors (Lipinski definition) is 3. The SMILES string of the molecule is CCN(CCNC(=O)C[NH+]1CCN(c2ccccc2)CC1)c1cccc(C)c1. The van der Waals surface area contributed by atoms with Crippen LogP contribution >= 0.6 is 0 Å². The summed E-state index contributed by atoms with van der Waals surface area (Å²) in [5, 5.41) is 3.11. The number of benzene rings is 2. The number of quaternary nitrogens is 1. The lowest BCUT2D eigenvalue weighted by atomic mass is 10.2. The number of para-hydroxylation sites is 1. The number of carbonyl (C=O) groups is 1. The van der Waals surface area contributed by atoms with E-state index in [0.29, 0.717) is 13.1 Å². The van der Waals surface area contributed by atoms with Crippen LogP contribution in [-0.2, 0) is 4.79 Å². The summed E-state index contributed by atoms with van der Waals surface area (Å²) in [6.07, 6.45) is 0. The third kappa shape index (κ3) is 5.73. The van der Waals surface area contributed by atoms with Crippen molar-refractivity contribution in [3.63, 3.8) is 0 Å². The molecule has 1 saturated heterocycles. The van der Waals surface area contributed by atoms with E-state index in [9.17, 15) is 4.79 Å². The van der Waals surface area contributed by atoms with Crippen LogP contribution in [0.3, 0.4) is 0 Å². The third-order valence-electron chi connectivity index (χ3n) is 5.45. The largest absolute Gasteiger partial charge is 0.370 e. The molecule has 0 saturated carbocycles. The van der Waals surface area contributed by atoms with Crippen LogP contribution in [-0.4, -0.2) is 58.3 Å². The third-order valence-corrected chi connectivity index (χ3v) is 5.45. The van der Waals surface area contributed by atoms with Gasteiger partial charge in [0.1, 0.15) is 0 Å². The molecule has 1 amide bonds. The summed E-state index contributed by atoms with van der Waals surface area (Å²) in [6, 6.07) is 19.1. The highest BCUT2D eigenvalue weighted by molar-refractivity contribution is 5.76. The predicted molar refractivity (Wildman–Crippen MR) is 116 cm³/mol. The van der Waals surface area contributed by atoms with Crippen LogP contribution in [0.2, 0.25) is 0 Å². The summed E-state index contributed by atoms with van der Waals surface area (Å²) in [5.74, 6) is 0.156. The Hall–Kier alpha value is -2.53. The van der Waals surface area contributed by atoms with Crippen LogP contribution in [0, 0.1) is 6.92 Å². The number of nitrogens with one attached hydrogen (secondary N) is 2. The average Bonchev–Trinajstić information content (AvgIpc) is 2.72.